The van der Waals surface area contributed by atoms with Gasteiger partial charge in [-0.25, -0.2) is 0 Å². The van der Waals surface area contributed by atoms with Crippen molar-refractivity contribution in [3.8, 4) is 5.75 Å². The van der Waals surface area contributed by atoms with Gasteiger partial charge in [-0.1, -0.05) is 6.08 Å². The fourth-order valence-corrected chi connectivity index (χ4v) is 4.68. The third-order valence-corrected chi connectivity index (χ3v) is 5.94. The van der Waals surface area contributed by atoms with Crippen LogP contribution in [0.2, 0.25) is 0 Å². The number of fused-ring (bicyclic) bond motifs is 3. The molecule has 0 amide bonds. The molecule has 0 bridgehead atoms. The highest BCUT2D eigenvalue weighted by molar-refractivity contribution is 5.87. The van der Waals surface area contributed by atoms with Gasteiger partial charge in [0.1, 0.15) is 18.3 Å². The highest BCUT2D eigenvalue weighted by Gasteiger charge is 2.38. The van der Waals surface area contributed by atoms with Gasteiger partial charge in [-0.3, -0.25) is 9.69 Å². The lowest BCUT2D eigenvalue weighted by Gasteiger charge is -2.34. The molecule has 5 heteroatoms. The summed E-state index contributed by atoms with van der Waals surface area (Å²) in [6.45, 7) is 2.82. The quantitative estimate of drug-likeness (QED) is 0.652. The molecule has 2 N–H and O–H groups in total. The number of nitrogens with zero attached hydrogens (tertiary/aromatic N) is 2. The summed E-state index contributed by atoms with van der Waals surface area (Å²) in [5.41, 5.74) is 4.10. The van der Waals surface area contributed by atoms with E-state index in [1.54, 1.807) is 6.07 Å². The monoisotopic (exact) mass is 340 g/mol. The van der Waals surface area contributed by atoms with Crippen molar-refractivity contribution in [1.29, 1.82) is 0 Å². The first-order valence-electron chi connectivity index (χ1n) is 8.90. The summed E-state index contributed by atoms with van der Waals surface area (Å²) in [5, 5.41) is 21.9. The molecule has 0 radical (unpaired) electrons. The number of aliphatic hydroxyl groups excluding tert-OH is 1. The number of phenolic OH excluding ortho intramolecular Hbond substituents is 1. The number of phenols is 1. The number of aldehydes is 1. The van der Waals surface area contributed by atoms with Crippen molar-refractivity contribution in [3.63, 3.8) is 0 Å². The number of aromatic nitrogens is 1. The maximum Gasteiger partial charge on any atom is 0.145 e. The number of benzene rings is 1. The van der Waals surface area contributed by atoms with E-state index in [1.807, 2.05) is 29.7 Å². The number of aliphatic hydroxyl groups is 1. The Hall–Kier alpha value is -2.11. The van der Waals surface area contributed by atoms with Crippen molar-refractivity contribution in [2.45, 2.75) is 38.5 Å². The van der Waals surface area contributed by atoms with E-state index in [-0.39, 0.29) is 17.7 Å². The van der Waals surface area contributed by atoms with Crippen LogP contribution in [0.1, 0.15) is 43.3 Å². The smallest absolute Gasteiger partial charge is 0.145 e. The standard InChI is InChI=1S/C20H24N2O3/c1-3-12(11-23)13-8-18-20-15(6-7-21(18)2)16-10-14(24)4-5-17(16)22(20)19(25)9-13/h3-5,10-11,13,18-19,24-25H,6-9H2,1-2H3/t13-,18+,19+/m1/s1. The van der Waals surface area contributed by atoms with Crippen molar-refractivity contribution in [3.05, 3.63) is 41.1 Å². The van der Waals surface area contributed by atoms with Gasteiger partial charge in [0, 0.05) is 17.6 Å². The van der Waals surface area contributed by atoms with Crippen LogP contribution in [0, 0.1) is 5.92 Å². The minimum absolute atomic E-state index is 0.0444. The molecular formula is C20H24N2O3. The van der Waals surface area contributed by atoms with Crippen LogP contribution in [0.4, 0.5) is 0 Å². The molecule has 1 aromatic heterocycles. The summed E-state index contributed by atoms with van der Waals surface area (Å²) >= 11 is 0. The van der Waals surface area contributed by atoms with Gasteiger partial charge in [0.05, 0.1) is 11.6 Å². The second kappa shape index (κ2) is 6.00. The number of carbonyl (C=O) groups excluding carboxylic acids is 1. The maximum atomic E-state index is 11.5. The summed E-state index contributed by atoms with van der Waals surface area (Å²) in [6, 6.07) is 5.53. The predicted molar refractivity (Wildman–Crippen MR) is 96.5 cm³/mol. The van der Waals surface area contributed by atoms with E-state index in [0.29, 0.717) is 6.42 Å². The molecule has 0 unspecified atom stereocenters. The molecule has 0 spiro atoms. The average Bonchev–Trinajstić information content (AvgIpc) is 2.83. The Bertz CT molecular complexity index is 867. The molecular weight excluding hydrogens is 316 g/mol. The van der Waals surface area contributed by atoms with Crippen LogP contribution in [0.5, 0.6) is 5.75 Å². The summed E-state index contributed by atoms with van der Waals surface area (Å²) < 4.78 is 2.03. The lowest BCUT2D eigenvalue weighted by Crippen LogP contribution is -2.33. The van der Waals surface area contributed by atoms with Crippen LogP contribution in [-0.2, 0) is 11.2 Å². The largest absolute Gasteiger partial charge is 0.508 e. The van der Waals surface area contributed by atoms with E-state index in [2.05, 4.69) is 11.9 Å². The van der Waals surface area contributed by atoms with Gasteiger partial charge in [0.2, 0.25) is 0 Å². The molecule has 0 fully saturated rings. The molecule has 132 valence electrons. The van der Waals surface area contributed by atoms with Crippen LogP contribution in [0.25, 0.3) is 10.9 Å². The summed E-state index contributed by atoms with van der Waals surface area (Å²) in [7, 11) is 2.11. The molecule has 3 atom stereocenters. The zero-order valence-electron chi connectivity index (χ0n) is 14.6. The zero-order chi connectivity index (χ0) is 17.7. The van der Waals surface area contributed by atoms with Crippen LogP contribution >= 0.6 is 0 Å². The van der Waals surface area contributed by atoms with Crippen molar-refractivity contribution in [2.75, 3.05) is 13.6 Å². The number of carbonyl (C=O) groups is 1. The SMILES string of the molecule is CC=C(C=O)[C@@H]1C[C@H]2c3c(c4cc(O)ccc4n3[C@@H](O)C1)CCN2C. The van der Waals surface area contributed by atoms with E-state index >= 15 is 0 Å². The highest BCUT2D eigenvalue weighted by atomic mass is 16.3. The van der Waals surface area contributed by atoms with Gasteiger partial charge in [0.15, 0.2) is 0 Å². The van der Waals surface area contributed by atoms with Gasteiger partial charge in [-0.2, -0.15) is 0 Å². The Morgan fingerprint density at radius 3 is 2.84 bits per heavy atom. The number of aromatic hydroxyl groups is 1. The fraction of sp³-hybridized carbons (Fsp3) is 0.450. The van der Waals surface area contributed by atoms with Crippen LogP contribution in [0.3, 0.4) is 0 Å². The van der Waals surface area contributed by atoms with Crippen molar-refractivity contribution in [1.82, 2.24) is 9.47 Å². The molecule has 2 aliphatic rings. The van der Waals surface area contributed by atoms with Gasteiger partial charge < -0.3 is 14.8 Å². The number of allylic oxidation sites excluding steroid dienone is 2. The first-order valence-corrected chi connectivity index (χ1v) is 8.90. The van der Waals surface area contributed by atoms with Gasteiger partial charge >= 0.3 is 0 Å². The van der Waals surface area contributed by atoms with E-state index < -0.39 is 6.23 Å². The highest BCUT2D eigenvalue weighted by Crippen LogP contribution is 2.46. The number of hydrogen-bond acceptors (Lipinski definition) is 4. The Morgan fingerprint density at radius 1 is 1.32 bits per heavy atom. The van der Waals surface area contributed by atoms with Crippen LogP contribution < -0.4 is 0 Å². The second-order valence-corrected chi connectivity index (χ2v) is 7.24. The molecule has 1 aromatic carbocycles. The first-order chi connectivity index (χ1) is 12.0. The molecule has 0 saturated carbocycles. The van der Waals surface area contributed by atoms with Crippen molar-refractivity contribution >= 4 is 17.2 Å². The lowest BCUT2D eigenvalue weighted by atomic mass is 9.86. The van der Waals surface area contributed by atoms with Crippen molar-refractivity contribution < 1.29 is 15.0 Å². The van der Waals surface area contributed by atoms with E-state index in [4.69, 9.17) is 0 Å². The molecule has 3 heterocycles. The molecule has 4 rings (SSSR count). The second-order valence-electron chi connectivity index (χ2n) is 7.24. The fourth-order valence-electron chi connectivity index (χ4n) is 4.68. The third-order valence-electron chi connectivity index (χ3n) is 5.94. The topological polar surface area (TPSA) is 65.7 Å². The van der Waals surface area contributed by atoms with E-state index in [9.17, 15) is 15.0 Å². The molecule has 0 aliphatic carbocycles. The van der Waals surface area contributed by atoms with Gasteiger partial charge in [-0.15, -0.1) is 0 Å². The lowest BCUT2D eigenvalue weighted by molar-refractivity contribution is -0.105. The normalized spacial score (nSPS) is 27.2. The minimum Gasteiger partial charge on any atom is -0.508 e. The number of rotatable bonds is 2. The van der Waals surface area contributed by atoms with Crippen molar-refractivity contribution in [2.24, 2.45) is 5.92 Å². The molecule has 2 aromatic rings. The Kier molecular flexibility index (Phi) is 3.93. The van der Waals surface area contributed by atoms with Gasteiger partial charge in [0.25, 0.3) is 0 Å². The molecule has 2 aliphatic heterocycles. The Balaban J connectivity index is 1.94. The molecule has 25 heavy (non-hydrogen) atoms. The van der Waals surface area contributed by atoms with Gasteiger partial charge in [-0.05, 0) is 68.5 Å². The summed E-state index contributed by atoms with van der Waals surface area (Å²) in [5.74, 6) is 0.299. The number of hydrogen-bond donors (Lipinski definition) is 2. The molecule has 0 saturated heterocycles. The predicted octanol–water partition coefficient (Wildman–Crippen LogP) is 2.92. The van der Waals surface area contributed by atoms with Crippen LogP contribution in [-0.4, -0.2) is 39.6 Å². The zero-order valence-corrected chi connectivity index (χ0v) is 14.6. The summed E-state index contributed by atoms with van der Waals surface area (Å²) in [6.07, 6.45) is 4.37. The van der Waals surface area contributed by atoms with E-state index in [1.165, 1.54) is 5.56 Å². The van der Waals surface area contributed by atoms with Crippen LogP contribution in [0.15, 0.2) is 29.8 Å². The molecule has 5 nitrogen and oxygen atoms in total. The minimum atomic E-state index is -0.674. The summed E-state index contributed by atoms with van der Waals surface area (Å²) in [4.78, 5) is 13.8. The maximum absolute atomic E-state index is 11.5. The number of likely N-dealkylation sites (N-methyl/N-ethyl adjacent to an activating group) is 1. The Labute approximate surface area is 147 Å². The third kappa shape index (κ3) is 2.41. The Morgan fingerprint density at radius 2 is 2.12 bits per heavy atom. The average molecular weight is 340 g/mol. The van der Waals surface area contributed by atoms with E-state index in [0.717, 1.165) is 47.8 Å². The first kappa shape index (κ1) is 16.4.